The minimum atomic E-state index is -0.932. The van der Waals surface area contributed by atoms with E-state index in [4.69, 9.17) is 5.11 Å². The molecule has 1 aromatic carbocycles. The Bertz CT molecular complexity index is 466. The molecule has 0 atom stereocenters. The lowest BCUT2D eigenvalue weighted by atomic mass is 9.94. The van der Waals surface area contributed by atoms with Crippen molar-refractivity contribution >= 4 is 11.9 Å². The van der Waals surface area contributed by atoms with Crippen LogP contribution in [0.4, 0.5) is 0 Å². The predicted molar refractivity (Wildman–Crippen MR) is 73.9 cm³/mol. The van der Waals surface area contributed by atoms with Crippen LogP contribution in [0, 0.1) is 12.3 Å². The predicted octanol–water partition coefficient (Wildman–Crippen LogP) is 2.15. The van der Waals surface area contributed by atoms with Crippen LogP contribution in [0.1, 0.15) is 31.4 Å². The number of carboxylic acid groups (broad SMARTS) is 1. The summed E-state index contributed by atoms with van der Waals surface area (Å²) in [5, 5.41) is 11.6. The van der Waals surface area contributed by atoms with Gasteiger partial charge in [-0.3, -0.25) is 9.59 Å². The van der Waals surface area contributed by atoms with Crippen molar-refractivity contribution in [2.75, 3.05) is 6.54 Å². The van der Waals surface area contributed by atoms with Crippen LogP contribution in [0.2, 0.25) is 0 Å². The molecule has 2 N–H and O–H groups in total. The van der Waals surface area contributed by atoms with Crippen LogP contribution in [-0.2, 0) is 16.0 Å². The lowest BCUT2D eigenvalue weighted by molar-refractivity contribution is -0.146. The highest BCUT2D eigenvalue weighted by molar-refractivity contribution is 5.78. The molecule has 0 aliphatic rings. The Kier molecular flexibility index (Phi) is 5.10. The number of carboxylic acids is 1. The van der Waals surface area contributed by atoms with Gasteiger partial charge in [0.1, 0.15) is 0 Å². The van der Waals surface area contributed by atoms with Crippen molar-refractivity contribution in [2.24, 2.45) is 5.41 Å². The van der Waals surface area contributed by atoms with Gasteiger partial charge in [-0.25, -0.2) is 0 Å². The molecule has 0 aromatic heterocycles. The summed E-state index contributed by atoms with van der Waals surface area (Å²) in [7, 11) is 0. The maximum Gasteiger partial charge on any atom is 0.310 e. The molecule has 104 valence electrons. The van der Waals surface area contributed by atoms with E-state index in [1.807, 2.05) is 31.2 Å². The number of aliphatic carboxylic acids is 1. The summed E-state index contributed by atoms with van der Waals surface area (Å²) < 4.78 is 0. The zero-order valence-electron chi connectivity index (χ0n) is 11.7. The number of amides is 1. The molecule has 0 saturated carbocycles. The van der Waals surface area contributed by atoms with E-state index in [-0.39, 0.29) is 12.5 Å². The molecule has 0 unspecified atom stereocenters. The third-order valence-corrected chi connectivity index (χ3v) is 3.19. The first-order valence-corrected chi connectivity index (χ1v) is 6.37. The van der Waals surface area contributed by atoms with Gasteiger partial charge >= 0.3 is 5.97 Å². The van der Waals surface area contributed by atoms with Crippen molar-refractivity contribution in [3.05, 3.63) is 35.4 Å². The first-order chi connectivity index (χ1) is 8.83. The maximum absolute atomic E-state index is 11.7. The maximum atomic E-state index is 11.7. The Morgan fingerprint density at radius 3 is 2.47 bits per heavy atom. The molecule has 1 amide bonds. The summed E-state index contributed by atoms with van der Waals surface area (Å²) in [4.78, 5) is 22.6. The number of carbonyl (C=O) groups excluding carboxylic acids is 1. The summed E-state index contributed by atoms with van der Waals surface area (Å²) in [5.41, 5.74) is 1.38. The minimum absolute atomic E-state index is 0.113. The smallest absolute Gasteiger partial charge is 0.310 e. The van der Waals surface area contributed by atoms with Crippen LogP contribution in [-0.4, -0.2) is 23.5 Å². The minimum Gasteiger partial charge on any atom is -0.481 e. The van der Waals surface area contributed by atoms with Gasteiger partial charge in [-0.2, -0.15) is 0 Å². The molecule has 0 saturated heterocycles. The fraction of sp³-hybridized carbons (Fsp3) is 0.467. The summed E-state index contributed by atoms with van der Waals surface area (Å²) in [6.07, 6.45) is 1.05. The summed E-state index contributed by atoms with van der Waals surface area (Å²) in [5.74, 6) is -1.02. The highest BCUT2D eigenvalue weighted by atomic mass is 16.4. The highest BCUT2D eigenvalue weighted by Crippen LogP contribution is 2.13. The van der Waals surface area contributed by atoms with E-state index in [9.17, 15) is 9.59 Å². The Morgan fingerprint density at radius 2 is 1.89 bits per heavy atom. The zero-order valence-corrected chi connectivity index (χ0v) is 11.7. The summed E-state index contributed by atoms with van der Waals surface area (Å²) >= 11 is 0. The molecule has 0 radical (unpaired) electrons. The van der Waals surface area contributed by atoms with Crippen molar-refractivity contribution in [1.82, 2.24) is 5.32 Å². The van der Waals surface area contributed by atoms with Crippen molar-refractivity contribution in [1.29, 1.82) is 0 Å². The van der Waals surface area contributed by atoms with Crippen molar-refractivity contribution in [3.63, 3.8) is 0 Å². The number of rotatable bonds is 6. The number of benzene rings is 1. The van der Waals surface area contributed by atoms with Gasteiger partial charge < -0.3 is 10.4 Å². The number of carbonyl (C=O) groups is 2. The number of aryl methyl sites for hydroxylation is 2. The second-order valence-corrected chi connectivity index (χ2v) is 5.39. The normalized spacial score (nSPS) is 11.1. The van der Waals surface area contributed by atoms with Gasteiger partial charge in [0.05, 0.1) is 5.41 Å². The SMILES string of the molecule is Cc1ccccc1CCC(=O)NCC(C)(C)C(=O)O. The molecule has 4 heteroatoms. The molecule has 4 nitrogen and oxygen atoms in total. The monoisotopic (exact) mass is 263 g/mol. The number of hydrogen-bond acceptors (Lipinski definition) is 2. The van der Waals surface area contributed by atoms with Gasteiger partial charge in [0.2, 0.25) is 5.91 Å². The fourth-order valence-corrected chi connectivity index (χ4v) is 1.62. The second kappa shape index (κ2) is 6.36. The molecule has 0 bridgehead atoms. The van der Waals surface area contributed by atoms with Gasteiger partial charge in [-0.05, 0) is 38.3 Å². The third-order valence-electron chi connectivity index (χ3n) is 3.19. The lowest BCUT2D eigenvalue weighted by Gasteiger charge is -2.19. The van der Waals surface area contributed by atoms with E-state index < -0.39 is 11.4 Å². The molecule has 0 heterocycles. The third kappa shape index (κ3) is 4.73. The molecule has 19 heavy (non-hydrogen) atoms. The summed E-state index contributed by atoms with van der Waals surface area (Å²) in [6.45, 7) is 5.35. The molecule has 0 aliphatic heterocycles. The van der Waals surface area contributed by atoms with E-state index in [2.05, 4.69) is 5.32 Å². The van der Waals surface area contributed by atoms with E-state index in [0.29, 0.717) is 12.8 Å². The van der Waals surface area contributed by atoms with E-state index in [1.54, 1.807) is 13.8 Å². The van der Waals surface area contributed by atoms with Gasteiger partial charge in [0, 0.05) is 13.0 Å². The average Bonchev–Trinajstić information content (AvgIpc) is 2.35. The van der Waals surface area contributed by atoms with Gasteiger partial charge in [-0.1, -0.05) is 24.3 Å². The molecule has 0 spiro atoms. The molecule has 0 fully saturated rings. The molecular weight excluding hydrogens is 242 g/mol. The van der Waals surface area contributed by atoms with Crippen LogP contribution in [0.15, 0.2) is 24.3 Å². The van der Waals surface area contributed by atoms with Gasteiger partial charge in [0.25, 0.3) is 0 Å². The topological polar surface area (TPSA) is 66.4 Å². The standard InChI is InChI=1S/C15H21NO3/c1-11-6-4-5-7-12(11)8-9-13(17)16-10-15(2,3)14(18)19/h4-7H,8-10H2,1-3H3,(H,16,17)(H,18,19). The van der Waals surface area contributed by atoms with Crippen LogP contribution in [0.3, 0.4) is 0 Å². The number of hydrogen-bond donors (Lipinski definition) is 2. The summed E-state index contributed by atoms with van der Waals surface area (Å²) in [6, 6.07) is 7.94. The highest BCUT2D eigenvalue weighted by Gasteiger charge is 2.27. The fourth-order valence-electron chi connectivity index (χ4n) is 1.62. The van der Waals surface area contributed by atoms with Gasteiger partial charge in [0.15, 0.2) is 0 Å². The molecule has 0 aliphatic carbocycles. The number of nitrogens with one attached hydrogen (secondary N) is 1. The van der Waals surface area contributed by atoms with Crippen LogP contribution in [0.5, 0.6) is 0 Å². The first-order valence-electron chi connectivity index (χ1n) is 6.37. The van der Waals surface area contributed by atoms with Crippen molar-refractivity contribution in [3.8, 4) is 0 Å². The largest absolute Gasteiger partial charge is 0.481 e. The Labute approximate surface area is 113 Å². The van der Waals surface area contributed by atoms with Crippen LogP contribution >= 0.6 is 0 Å². The zero-order chi connectivity index (χ0) is 14.5. The molecular formula is C15H21NO3. The Morgan fingerprint density at radius 1 is 1.26 bits per heavy atom. The lowest BCUT2D eigenvalue weighted by Crippen LogP contribution is -2.38. The van der Waals surface area contributed by atoms with Crippen molar-refractivity contribution in [2.45, 2.75) is 33.6 Å². The van der Waals surface area contributed by atoms with E-state index >= 15 is 0 Å². The van der Waals surface area contributed by atoms with Gasteiger partial charge in [-0.15, -0.1) is 0 Å². The average molecular weight is 263 g/mol. The molecule has 1 aromatic rings. The molecule has 1 rings (SSSR count). The van der Waals surface area contributed by atoms with E-state index in [0.717, 1.165) is 5.56 Å². The van der Waals surface area contributed by atoms with Crippen molar-refractivity contribution < 1.29 is 14.7 Å². The van der Waals surface area contributed by atoms with Crippen LogP contribution in [0.25, 0.3) is 0 Å². The Hall–Kier alpha value is -1.84. The Balaban J connectivity index is 2.41. The second-order valence-electron chi connectivity index (χ2n) is 5.39. The quantitative estimate of drug-likeness (QED) is 0.826. The van der Waals surface area contributed by atoms with Crippen LogP contribution < -0.4 is 5.32 Å². The first kappa shape index (κ1) is 15.2. The van der Waals surface area contributed by atoms with E-state index in [1.165, 1.54) is 5.56 Å².